The zero-order chi connectivity index (χ0) is 14.2. The first-order valence-corrected chi connectivity index (χ1v) is 6.51. The summed E-state index contributed by atoms with van der Waals surface area (Å²) in [6.45, 7) is 4.23. The largest absolute Gasteiger partial charge is 0.352 e. The summed E-state index contributed by atoms with van der Waals surface area (Å²) in [6, 6.07) is 1.41. The number of piperazine rings is 1. The molecule has 19 heavy (non-hydrogen) atoms. The highest BCUT2D eigenvalue weighted by Gasteiger charge is 2.41. The van der Waals surface area contributed by atoms with E-state index in [1.807, 2.05) is 0 Å². The number of carbonyl (C=O) groups excluding carboxylic acids is 2. The van der Waals surface area contributed by atoms with Crippen molar-refractivity contribution in [2.24, 2.45) is 0 Å². The minimum Gasteiger partial charge on any atom is -0.352 e. The average Bonchev–Trinajstić information content (AvgIpc) is 2.35. The first-order chi connectivity index (χ1) is 8.84. The van der Waals surface area contributed by atoms with Crippen LogP contribution in [0, 0.1) is 0 Å². The van der Waals surface area contributed by atoms with Crippen molar-refractivity contribution in [3.63, 3.8) is 0 Å². The number of carbonyl (C=O) groups is 2. The summed E-state index contributed by atoms with van der Waals surface area (Å²) in [5, 5.41) is 3.14. The van der Waals surface area contributed by atoms with Crippen LogP contribution in [0.3, 0.4) is 0 Å². The van der Waals surface area contributed by atoms with Crippen molar-refractivity contribution in [2.75, 3.05) is 13.1 Å². The summed E-state index contributed by atoms with van der Waals surface area (Å²) in [5.41, 5.74) is -0.668. The van der Waals surface area contributed by atoms with Crippen LogP contribution in [-0.4, -0.2) is 40.3 Å². The first-order valence-electron chi connectivity index (χ1n) is 5.75. The van der Waals surface area contributed by atoms with Crippen LogP contribution in [0.5, 0.6) is 0 Å². The Kier molecular flexibility index (Phi) is 3.69. The quantitative estimate of drug-likeness (QED) is 0.804. The summed E-state index contributed by atoms with van der Waals surface area (Å²) in [6.07, 6.45) is 1.33. The molecule has 0 aliphatic carbocycles. The number of rotatable bonds is 1. The number of hydrogen-bond acceptors (Lipinski definition) is 3. The molecule has 102 valence electrons. The standard InChI is InChI=1S/C12H13Cl2N3O2/c1-12(2)11(19)15-3-4-17(12)10(18)7-5-9(14)16-6-8(7)13/h5-6H,3-4H2,1-2H3,(H,15,19). The van der Waals surface area contributed by atoms with Crippen LogP contribution in [0.4, 0.5) is 0 Å². The lowest BCUT2D eigenvalue weighted by molar-refractivity contribution is -0.133. The van der Waals surface area contributed by atoms with Gasteiger partial charge in [-0.2, -0.15) is 0 Å². The molecule has 0 spiro atoms. The molecular weight excluding hydrogens is 289 g/mol. The van der Waals surface area contributed by atoms with E-state index in [4.69, 9.17) is 23.2 Å². The second-order valence-corrected chi connectivity index (χ2v) is 5.55. The van der Waals surface area contributed by atoms with E-state index in [1.54, 1.807) is 13.8 Å². The van der Waals surface area contributed by atoms with Crippen LogP contribution < -0.4 is 5.32 Å². The molecule has 2 rings (SSSR count). The van der Waals surface area contributed by atoms with Gasteiger partial charge in [-0.15, -0.1) is 0 Å². The smallest absolute Gasteiger partial charge is 0.256 e. The third kappa shape index (κ3) is 2.53. The number of halogens is 2. The highest BCUT2D eigenvalue weighted by Crippen LogP contribution is 2.25. The van der Waals surface area contributed by atoms with Crippen LogP contribution in [0.15, 0.2) is 12.3 Å². The zero-order valence-electron chi connectivity index (χ0n) is 10.5. The molecule has 2 amide bonds. The van der Waals surface area contributed by atoms with Crippen molar-refractivity contribution >= 4 is 35.0 Å². The van der Waals surface area contributed by atoms with E-state index in [9.17, 15) is 9.59 Å². The molecule has 1 aliphatic rings. The lowest BCUT2D eigenvalue weighted by Gasteiger charge is -2.41. The predicted molar refractivity (Wildman–Crippen MR) is 72.4 cm³/mol. The Morgan fingerprint density at radius 2 is 2.16 bits per heavy atom. The topological polar surface area (TPSA) is 62.3 Å². The van der Waals surface area contributed by atoms with Crippen LogP contribution in [0.2, 0.25) is 10.2 Å². The molecule has 1 saturated heterocycles. The van der Waals surface area contributed by atoms with Crippen LogP contribution in [0.1, 0.15) is 24.2 Å². The molecule has 0 radical (unpaired) electrons. The van der Waals surface area contributed by atoms with E-state index in [1.165, 1.54) is 17.2 Å². The molecule has 1 N–H and O–H groups in total. The normalized spacial score (nSPS) is 18.1. The van der Waals surface area contributed by atoms with Crippen molar-refractivity contribution in [3.05, 3.63) is 28.0 Å². The molecule has 0 bridgehead atoms. The Hall–Kier alpha value is -1.33. The van der Waals surface area contributed by atoms with Crippen molar-refractivity contribution in [1.82, 2.24) is 15.2 Å². The molecule has 1 fully saturated rings. The van der Waals surface area contributed by atoms with Crippen molar-refractivity contribution in [2.45, 2.75) is 19.4 Å². The number of aromatic nitrogens is 1. The van der Waals surface area contributed by atoms with Gasteiger partial charge < -0.3 is 10.2 Å². The Bertz CT molecular complexity index is 546. The number of amides is 2. The van der Waals surface area contributed by atoms with Crippen LogP contribution in [-0.2, 0) is 4.79 Å². The highest BCUT2D eigenvalue weighted by molar-refractivity contribution is 6.35. The second-order valence-electron chi connectivity index (χ2n) is 4.76. The first kappa shape index (κ1) is 14.1. The minimum atomic E-state index is -0.922. The summed E-state index contributed by atoms with van der Waals surface area (Å²) < 4.78 is 0. The number of pyridine rings is 1. The van der Waals surface area contributed by atoms with Crippen molar-refractivity contribution in [1.29, 1.82) is 0 Å². The van der Waals surface area contributed by atoms with Gasteiger partial charge in [-0.3, -0.25) is 9.59 Å². The van der Waals surface area contributed by atoms with Gasteiger partial charge in [0.2, 0.25) is 5.91 Å². The molecule has 7 heteroatoms. The fourth-order valence-corrected chi connectivity index (χ4v) is 2.32. The number of nitrogens with one attached hydrogen (secondary N) is 1. The number of hydrogen-bond donors (Lipinski definition) is 1. The minimum absolute atomic E-state index is 0.187. The van der Waals surface area contributed by atoms with Gasteiger partial charge in [0.05, 0.1) is 10.6 Å². The molecule has 0 saturated carbocycles. The number of nitrogens with zero attached hydrogens (tertiary/aromatic N) is 2. The van der Waals surface area contributed by atoms with E-state index in [0.717, 1.165) is 0 Å². The molecule has 5 nitrogen and oxygen atoms in total. The van der Waals surface area contributed by atoms with E-state index >= 15 is 0 Å². The van der Waals surface area contributed by atoms with E-state index < -0.39 is 5.54 Å². The molecule has 1 aromatic heterocycles. The van der Waals surface area contributed by atoms with Crippen molar-refractivity contribution in [3.8, 4) is 0 Å². The molecule has 1 aromatic rings. The second kappa shape index (κ2) is 4.98. The monoisotopic (exact) mass is 301 g/mol. The van der Waals surface area contributed by atoms with Gasteiger partial charge >= 0.3 is 0 Å². The molecular formula is C12H13Cl2N3O2. The van der Waals surface area contributed by atoms with Gasteiger partial charge in [0.15, 0.2) is 0 Å². The SMILES string of the molecule is CC1(C)C(=O)NCCN1C(=O)c1cc(Cl)ncc1Cl. The molecule has 0 unspecified atom stereocenters. The van der Waals surface area contributed by atoms with E-state index in [2.05, 4.69) is 10.3 Å². The summed E-state index contributed by atoms with van der Waals surface area (Å²) in [5.74, 6) is -0.516. The Labute approximate surface area is 120 Å². The van der Waals surface area contributed by atoms with Gasteiger partial charge in [0, 0.05) is 19.3 Å². The maximum absolute atomic E-state index is 12.5. The third-order valence-electron chi connectivity index (χ3n) is 3.15. The van der Waals surface area contributed by atoms with Gasteiger partial charge in [0.1, 0.15) is 10.7 Å². The lowest BCUT2D eigenvalue weighted by Crippen LogP contribution is -2.63. The van der Waals surface area contributed by atoms with Crippen molar-refractivity contribution < 1.29 is 9.59 Å². The van der Waals surface area contributed by atoms with E-state index in [-0.39, 0.29) is 27.6 Å². The van der Waals surface area contributed by atoms with Gasteiger partial charge in [-0.1, -0.05) is 23.2 Å². The maximum atomic E-state index is 12.5. The average molecular weight is 302 g/mol. The van der Waals surface area contributed by atoms with Gasteiger partial charge in [-0.05, 0) is 19.9 Å². The maximum Gasteiger partial charge on any atom is 0.256 e. The van der Waals surface area contributed by atoms with Gasteiger partial charge in [-0.25, -0.2) is 4.98 Å². The summed E-state index contributed by atoms with van der Waals surface area (Å²) >= 11 is 11.8. The Morgan fingerprint density at radius 1 is 1.47 bits per heavy atom. The predicted octanol–water partition coefficient (Wildman–Crippen LogP) is 1.74. The molecule has 1 aliphatic heterocycles. The fraction of sp³-hybridized carbons (Fsp3) is 0.417. The molecule has 0 atom stereocenters. The Morgan fingerprint density at radius 3 is 2.84 bits per heavy atom. The third-order valence-corrected chi connectivity index (χ3v) is 3.66. The van der Waals surface area contributed by atoms with Crippen LogP contribution in [0.25, 0.3) is 0 Å². The lowest BCUT2D eigenvalue weighted by atomic mass is 9.98. The van der Waals surface area contributed by atoms with Crippen LogP contribution >= 0.6 is 23.2 Å². The summed E-state index contributed by atoms with van der Waals surface area (Å²) in [4.78, 5) is 29.6. The van der Waals surface area contributed by atoms with E-state index in [0.29, 0.717) is 13.1 Å². The fourth-order valence-electron chi connectivity index (χ4n) is 1.98. The Balaban J connectivity index is 2.38. The molecule has 2 heterocycles. The summed E-state index contributed by atoms with van der Waals surface area (Å²) in [7, 11) is 0. The molecule has 0 aromatic carbocycles. The zero-order valence-corrected chi connectivity index (χ0v) is 12.0. The van der Waals surface area contributed by atoms with Gasteiger partial charge in [0.25, 0.3) is 5.91 Å². The highest BCUT2D eigenvalue weighted by atomic mass is 35.5.